The zero-order valence-corrected chi connectivity index (χ0v) is 39.2. The van der Waals surface area contributed by atoms with Crippen LogP contribution in [0.2, 0.25) is 0 Å². The molecule has 1 aliphatic heterocycles. The summed E-state index contributed by atoms with van der Waals surface area (Å²) in [6, 6.07) is 0. The number of nitrogens with zero attached hydrogens (tertiary/aromatic N) is 4. The predicted octanol–water partition coefficient (Wildman–Crippen LogP) is 3.31. The van der Waals surface area contributed by atoms with E-state index < -0.39 is 84.6 Å². The molecule has 0 radical (unpaired) electrons. The molecule has 1 saturated heterocycles. The molecular formula is C36H60N7O17P3S. The van der Waals surface area contributed by atoms with Crippen LogP contribution in [0.5, 0.6) is 0 Å². The highest BCUT2D eigenvalue weighted by atomic mass is 32.2. The first kappa shape index (κ1) is 55.4. The molecule has 2 unspecified atom stereocenters. The minimum Gasteiger partial charge on any atom is -0.386 e. The van der Waals surface area contributed by atoms with Gasteiger partial charge in [-0.2, -0.15) is 4.31 Å². The maximum atomic E-state index is 12.7. The smallest absolute Gasteiger partial charge is 0.386 e. The third-order valence-electron chi connectivity index (χ3n) is 9.36. The summed E-state index contributed by atoms with van der Waals surface area (Å²) < 4.78 is 62.3. The Morgan fingerprint density at radius 3 is 2.36 bits per heavy atom. The van der Waals surface area contributed by atoms with Crippen LogP contribution in [0.1, 0.15) is 91.2 Å². The minimum absolute atomic E-state index is 0.0319. The Hall–Kier alpha value is -2.96. The zero-order valence-electron chi connectivity index (χ0n) is 35.7. The molecule has 2 aromatic rings. The van der Waals surface area contributed by atoms with Crippen LogP contribution in [0.25, 0.3) is 11.2 Å². The van der Waals surface area contributed by atoms with Gasteiger partial charge in [-0.05, 0) is 32.1 Å². The molecule has 3 rings (SSSR count). The van der Waals surface area contributed by atoms with E-state index >= 15 is 0 Å². The summed E-state index contributed by atoms with van der Waals surface area (Å²) in [7, 11) is -16.4. The lowest BCUT2D eigenvalue weighted by atomic mass is 9.87. The Labute approximate surface area is 374 Å². The van der Waals surface area contributed by atoms with Gasteiger partial charge in [-0.3, -0.25) is 32.5 Å². The van der Waals surface area contributed by atoms with E-state index in [-0.39, 0.29) is 41.6 Å². The average Bonchev–Trinajstić information content (AvgIpc) is 3.78. The number of imidazole rings is 1. The van der Waals surface area contributed by atoms with Gasteiger partial charge in [0.2, 0.25) is 11.8 Å². The Balaban J connectivity index is 1.35. The van der Waals surface area contributed by atoms with E-state index in [9.17, 15) is 57.9 Å². The van der Waals surface area contributed by atoms with Gasteiger partial charge in [0.1, 0.15) is 36.3 Å². The van der Waals surface area contributed by atoms with Crippen LogP contribution in [-0.2, 0) is 50.7 Å². The summed E-state index contributed by atoms with van der Waals surface area (Å²) >= 11 is 1.14. The van der Waals surface area contributed by atoms with Crippen LogP contribution in [0, 0.1) is 5.41 Å². The van der Waals surface area contributed by atoms with Gasteiger partial charge in [-0.15, -0.1) is 0 Å². The molecule has 10 N–H and O–H groups in total. The fourth-order valence-electron chi connectivity index (χ4n) is 5.98. The van der Waals surface area contributed by atoms with E-state index in [0.29, 0.717) is 12.2 Å². The second kappa shape index (κ2) is 26.4. The molecule has 1 fully saturated rings. The Bertz CT molecular complexity index is 2040. The molecule has 28 heteroatoms. The summed E-state index contributed by atoms with van der Waals surface area (Å²) in [5.74, 6) is -1.05. The van der Waals surface area contributed by atoms with E-state index in [1.54, 1.807) is 0 Å². The van der Waals surface area contributed by atoms with E-state index in [0.717, 1.165) is 80.4 Å². The third kappa shape index (κ3) is 19.5. The second-order valence-corrected chi connectivity index (χ2v) is 20.6. The molecule has 1 aliphatic rings. The van der Waals surface area contributed by atoms with Crippen molar-refractivity contribution < 1.29 is 80.5 Å². The van der Waals surface area contributed by atoms with Crippen molar-refractivity contribution in [3.05, 3.63) is 37.0 Å². The standard InChI is InChI=1S/C36H60N7O17P3S/c1-4-5-6-7-8-9-10-11-12-13-14-15-16-27(45)64-20-19-38-26(44)17-18-39-34(48)31(47)36(2,3)22-57-63(54,55)60-62(52,53)56-21-25-30(59-61(49,50)51)29(46)35(58-25)43-24-42-28-32(37)40-23-41-33(28)43/h5-6,8-9,23-25,29-31,35,46-47H,4,7,10-22H2,1-3H3,(H,38,44)(H,39,48)(H,52,53)(H,54,55)(H2,37,40,41)(H2,49,50,51)/b6-5-,9-8-/t25-,29-,30-,31+,35-/m1/s1. The monoisotopic (exact) mass is 987 g/mol. The fraction of sp³-hybridized carbons (Fsp3) is 0.667. The Kier molecular flexibility index (Phi) is 22.8. The van der Waals surface area contributed by atoms with Gasteiger partial charge in [-0.25, -0.2) is 28.6 Å². The van der Waals surface area contributed by atoms with E-state index in [4.69, 9.17) is 19.5 Å². The van der Waals surface area contributed by atoms with Crippen molar-refractivity contribution in [2.24, 2.45) is 5.41 Å². The first-order valence-corrected chi connectivity index (χ1v) is 25.9. The first-order valence-electron chi connectivity index (χ1n) is 20.4. The van der Waals surface area contributed by atoms with Gasteiger partial charge in [0.05, 0.1) is 19.5 Å². The van der Waals surface area contributed by atoms with Crippen LogP contribution in [-0.4, -0.2) is 123 Å². The van der Waals surface area contributed by atoms with Crippen molar-refractivity contribution in [1.82, 2.24) is 30.2 Å². The molecule has 2 aromatic heterocycles. The molecule has 0 bridgehead atoms. The number of hydrogen-bond acceptors (Lipinski definition) is 18. The van der Waals surface area contributed by atoms with Crippen molar-refractivity contribution in [2.45, 2.75) is 116 Å². The fourth-order valence-corrected chi connectivity index (χ4v) is 9.53. The number of amides is 2. The lowest BCUT2D eigenvalue weighted by molar-refractivity contribution is -0.137. The lowest BCUT2D eigenvalue weighted by Crippen LogP contribution is -2.46. The molecule has 0 saturated carbocycles. The summed E-state index contributed by atoms with van der Waals surface area (Å²) in [6.07, 6.45) is 10.4. The van der Waals surface area contributed by atoms with Crippen molar-refractivity contribution in [2.75, 3.05) is 37.8 Å². The zero-order chi connectivity index (χ0) is 47.6. The summed E-state index contributed by atoms with van der Waals surface area (Å²) in [4.78, 5) is 88.2. The molecule has 24 nitrogen and oxygen atoms in total. The summed E-state index contributed by atoms with van der Waals surface area (Å²) in [5.41, 5.74) is 4.28. The van der Waals surface area contributed by atoms with Crippen LogP contribution in [0.15, 0.2) is 37.0 Å². The molecule has 2 amide bonds. The number of carbonyl (C=O) groups is 3. The number of carbonyl (C=O) groups excluding carboxylic acids is 3. The van der Waals surface area contributed by atoms with Crippen LogP contribution in [0.3, 0.4) is 0 Å². The first-order chi connectivity index (χ1) is 30.1. The molecular weight excluding hydrogens is 927 g/mol. The maximum absolute atomic E-state index is 12.7. The molecule has 0 aliphatic carbocycles. The lowest BCUT2D eigenvalue weighted by Gasteiger charge is -2.30. The summed E-state index contributed by atoms with van der Waals surface area (Å²) in [6.45, 7) is 2.66. The average molecular weight is 988 g/mol. The van der Waals surface area contributed by atoms with Crippen LogP contribution >= 0.6 is 35.2 Å². The van der Waals surface area contributed by atoms with E-state index in [2.05, 4.69) is 65.6 Å². The number of unbranched alkanes of at least 4 members (excludes halogenated alkanes) is 5. The van der Waals surface area contributed by atoms with Gasteiger partial charge >= 0.3 is 23.5 Å². The quantitative estimate of drug-likeness (QED) is 0.0308. The highest BCUT2D eigenvalue weighted by molar-refractivity contribution is 8.13. The highest BCUT2D eigenvalue weighted by Gasteiger charge is 2.50. The normalized spacial score (nSPS) is 20.7. The Morgan fingerprint density at radius 1 is 0.953 bits per heavy atom. The number of anilines is 1. The SMILES string of the molecule is CC/C=C\C/C=C\CCCCCCCC(=O)SCCNC(=O)CCNC(=O)[C@H](O)C(C)(C)COP(=O)(O)OP(=O)(O)OC[C@H]1O[C@@H](n2cnc3c(N)ncnc32)[C@H](O)[C@@H]1OP(=O)(O)O. The number of phosphoric ester groups is 3. The second-order valence-electron chi connectivity index (χ2n) is 15.2. The van der Waals surface area contributed by atoms with Crippen molar-refractivity contribution >= 4 is 69.1 Å². The van der Waals surface area contributed by atoms with E-state index in [1.807, 2.05) is 0 Å². The molecule has 0 aromatic carbocycles. The number of rotatable bonds is 30. The number of aliphatic hydroxyl groups is 2. The number of phosphoric acid groups is 3. The number of allylic oxidation sites excluding steroid dienone is 4. The number of nitrogens with one attached hydrogen (secondary N) is 2. The van der Waals surface area contributed by atoms with Gasteiger partial charge in [0.25, 0.3) is 0 Å². The van der Waals surface area contributed by atoms with Gasteiger partial charge in [0.15, 0.2) is 22.8 Å². The topological polar surface area (TPSA) is 364 Å². The van der Waals surface area contributed by atoms with Crippen molar-refractivity contribution in [3.8, 4) is 0 Å². The largest absolute Gasteiger partial charge is 0.481 e. The summed E-state index contributed by atoms with van der Waals surface area (Å²) in [5, 5.41) is 26.6. The molecule has 64 heavy (non-hydrogen) atoms. The van der Waals surface area contributed by atoms with Gasteiger partial charge < -0.3 is 50.9 Å². The maximum Gasteiger partial charge on any atom is 0.481 e. The molecule has 362 valence electrons. The number of fused-ring (bicyclic) bond motifs is 1. The van der Waals surface area contributed by atoms with Gasteiger partial charge in [-0.1, -0.05) is 76.1 Å². The number of nitrogen functional groups attached to an aromatic ring is 1. The minimum atomic E-state index is -5.57. The van der Waals surface area contributed by atoms with Crippen LogP contribution in [0.4, 0.5) is 5.82 Å². The number of ether oxygens (including phenoxy) is 1. The number of thioether (sulfide) groups is 1. The number of aliphatic hydroxyl groups excluding tert-OH is 2. The number of nitrogens with two attached hydrogens (primary N) is 1. The van der Waals surface area contributed by atoms with Crippen LogP contribution < -0.4 is 16.4 Å². The van der Waals surface area contributed by atoms with Gasteiger partial charge in [0, 0.05) is 37.1 Å². The molecule has 3 heterocycles. The third-order valence-corrected chi connectivity index (χ3v) is 13.4. The Morgan fingerprint density at radius 2 is 1.64 bits per heavy atom. The van der Waals surface area contributed by atoms with E-state index in [1.165, 1.54) is 13.8 Å². The van der Waals surface area contributed by atoms with Crippen molar-refractivity contribution in [3.63, 3.8) is 0 Å². The number of aromatic nitrogens is 4. The highest BCUT2D eigenvalue weighted by Crippen LogP contribution is 2.61. The van der Waals surface area contributed by atoms with Crippen molar-refractivity contribution in [1.29, 1.82) is 0 Å². The predicted molar refractivity (Wildman–Crippen MR) is 233 cm³/mol. The number of hydrogen-bond donors (Lipinski definition) is 9. The molecule has 0 spiro atoms. The molecule has 7 atom stereocenters.